The Hall–Kier alpha value is -3.69. The van der Waals surface area contributed by atoms with E-state index in [1.807, 2.05) is 0 Å². The second-order valence-corrected chi connectivity index (χ2v) is 14.8. The van der Waals surface area contributed by atoms with Crippen molar-refractivity contribution in [3.63, 3.8) is 0 Å². The number of para-hydroxylation sites is 4. The molecule has 4 heterocycles. The minimum absolute atomic E-state index is 0.0833. The molecular formula is C35H32N4OPt. The first-order chi connectivity index (χ1) is 20.0. The van der Waals surface area contributed by atoms with Crippen molar-refractivity contribution in [2.24, 2.45) is 0 Å². The molecule has 0 N–H and O–H groups in total. The molecule has 4 aromatic carbocycles. The average Bonchev–Trinajstić information content (AvgIpc) is 3.69. The molecule has 0 radical (unpaired) electrons. The summed E-state index contributed by atoms with van der Waals surface area (Å²) in [4.78, 5) is 10.7. The molecule has 5 aliphatic rings. The number of hydrogen-bond acceptors (Lipinski definition) is 5. The number of fused-ring (bicyclic) bond motifs is 12. The standard InChI is InChI=1S/C35H32N4O.Pt/c1-34(2)26-11-9-13-28(21-26)40-29-14-10-12-27(22-29)35(19-7-8-20-35)39-25-37(31-16-4-6-18-33(31)39)23-36-24-38(34)32-17-5-3-15-30(32)36;/h3-6,9-18,21-22H,7-8,19-20,23H2,1-2H3;. The fourth-order valence-electron chi connectivity index (χ4n) is 7.56. The van der Waals surface area contributed by atoms with Crippen molar-refractivity contribution in [3.8, 4) is 11.5 Å². The van der Waals surface area contributed by atoms with Gasteiger partial charge >= 0.3 is 250 Å². The Bertz CT molecular complexity index is 1820. The van der Waals surface area contributed by atoms with Crippen LogP contribution >= 0.6 is 0 Å². The first-order valence-electron chi connectivity index (χ1n) is 14.6. The van der Waals surface area contributed by atoms with Crippen LogP contribution in [0.3, 0.4) is 0 Å². The third-order valence-corrected chi connectivity index (χ3v) is 12.8. The van der Waals surface area contributed by atoms with E-state index in [-0.39, 0.29) is 11.1 Å². The molecule has 0 aromatic heterocycles. The fraction of sp³-hybridized carbons (Fsp3) is 0.257. The van der Waals surface area contributed by atoms with Gasteiger partial charge in [-0.1, -0.05) is 0 Å². The SMILES string of the molecule is CC1(C)c2cccc(c2)Oc2cccc(c2)C2(CCCC2)N2[C]3=[Pt]=[C]4N(CN3c3ccccc32)c2ccccc2N41. The third-order valence-electron chi connectivity index (χ3n) is 9.57. The third kappa shape index (κ3) is 3.21. The summed E-state index contributed by atoms with van der Waals surface area (Å²) in [6.45, 7) is 5.57. The number of rotatable bonds is 0. The molecule has 0 amide bonds. The Morgan fingerprint density at radius 1 is 0.610 bits per heavy atom. The fourth-order valence-corrected chi connectivity index (χ4v) is 11.7. The molecule has 1 fully saturated rings. The van der Waals surface area contributed by atoms with E-state index in [2.05, 4.69) is 131 Å². The van der Waals surface area contributed by atoms with Gasteiger partial charge < -0.3 is 0 Å². The van der Waals surface area contributed by atoms with Gasteiger partial charge in [-0.3, -0.25) is 0 Å². The van der Waals surface area contributed by atoms with Crippen LogP contribution in [0.15, 0.2) is 97.1 Å². The molecular weight excluding hydrogens is 687 g/mol. The van der Waals surface area contributed by atoms with Crippen molar-refractivity contribution in [2.75, 3.05) is 26.3 Å². The van der Waals surface area contributed by atoms with Gasteiger partial charge in [-0.2, -0.15) is 0 Å². The Morgan fingerprint density at radius 3 is 1.80 bits per heavy atom. The van der Waals surface area contributed by atoms with E-state index in [0.717, 1.165) is 31.0 Å². The Morgan fingerprint density at radius 2 is 1.15 bits per heavy atom. The topological polar surface area (TPSA) is 22.2 Å². The maximum atomic E-state index is 6.63. The van der Waals surface area contributed by atoms with Crippen LogP contribution in [0.4, 0.5) is 22.7 Å². The summed E-state index contributed by atoms with van der Waals surface area (Å²) < 4.78 is 9.60. The molecule has 0 unspecified atom stereocenters. The average molecular weight is 720 g/mol. The van der Waals surface area contributed by atoms with Crippen molar-refractivity contribution in [2.45, 2.75) is 50.6 Å². The van der Waals surface area contributed by atoms with Crippen LogP contribution in [0, 0.1) is 0 Å². The van der Waals surface area contributed by atoms with E-state index in [0.29, 0.717) is 0 Å². The first kappa shape index (κ1) is 24.0. The molecule has 4 aliphatic heterocycles. The van der Waals surface area contributed by atoms with Crippen molar-refractivity contribution in [1.29, 1.82) is 0 Å². The molecule has 1 spiro atoms. The second-order valence-electron chi connectivity index (χ2n) is 12.2. The van der Waals surface area contributed by atoms with Crippen molar-refractivity contribution < 1.29 is 22.4 Å². The zero-order chi connectivity index (χ0) is 27.3. The molecule has 208 valence electrons. The Kier molecular flexibility index (Phi) is 4.92. The van der Waals surface area contributed by atoms with E-state index in [4.69, 9.17) is 4.74 Å². The predicted molar refractivity (Wildman–Crippen MR) is 164 cm³/mol. The molecule has 6 bridgehead atoms. The summed E-state index contributed by atoms with van der Waals surface area (Å²) in [5.74, 6) is 1.81. The van der Waals surface area contributed by atoms with E-state index in [1.54, 1.807) is 0 Å². The summed E-state index contributed by atoms with van der Waals surface area (Å²) >= 11 is -0.551. The maximum absolute atomic E-state index is 6.63. The Labute approximate surface area is 249 Å². The van der Waals surface area contributed by atoms with Gasteiger partial charge in [0, 0.05) is 0 Å². The van der Waals surface area contributed by atoms with Gasteiger partial charge in [-0.15, -0.1) is 0 Å². The van der Waals surface area contributed by atoms with Gasteiger partial charge in [-0.05, 0) is 0 Å². The molecule has 9 rings (SSSR count). The molecule has 0 saturated heterocycles. The van der Waals surface area contributed by atoms with Crippen molar-refractivity contribution in [3.05, 3.63) is 108 Å². The molecule has 4 aromatic rings. The monoisotopic (exact) mass is 719 g/mol. The second kappa shape index (κ2) is 8.42. The molecule has 1 saturated carbocycles. The van der Waals surface area contributed by atoms with Gasteiger partial charge in [0.05, 0.1) is 0 Å². The summed E-state index contributed by atoms with van der Waals surface area (Å²) in [6.07, 6.45) is 4.78. The zero-order valence-electron chi connectivity index (χ0n) is 23.3. The van der Waals surface area contributed by atoms with Gasteiger partial charge in [0.1, 0.15) is 0 Å². The normalized spacial score (nSPS) is 20.8. The predicted octanol–water partition coefficient (Wildman–Crippen LogP) is 7.38. The van der Waals surface area contributed by atoms with Crippen LogP contribution < -0.4 is 24.3 Å². The van der Waals surface area contributed by atoms with Crippen molar-refractivity contribution in [1.82, 2.24) is 0 Å². The molecule has 1 aliphatic carbocycles. The van der Waals surface area contributed by atoms with E-state index < -0.39 is 17.6 Å². The van der Waals surface area contributed by atoms with Crippen LogP contribution in [-0.2, 0) is 28.7 Å². The van der Waals surface area contributed by atoms with Gasteiger partial charge in [0.15, 0.2) is 0 Å². The zero-order valence-corrected chi connectivity index (χ0v) is 25.6. The van der Waals surface area contributed by atoms with E-state index in [9.17, 15) is 0 Å². The van der Waals surface area contributed by atoms with Crippen LogP contribution in [0.1, 0.15) is 50.7 Å². The van der Waals surface area contributed by atoms with Gasteiger partial charge in [0.25, 0.3) is 0 Å². The van der Waals surface area contributed by atoms with E-state index in [1.165, 1.54) is 55.0 Å². The molecule has 41 heavy (non-hydrogen) atoms. The van der Waals surface area contributed by atoms with Crippen molar-refractivity contribution >= 4 is 31.0 Å². The molecule has 6 heteroatoms. The summed E-state index contributed by atoms with van der Waals surface area (Å²) in [5, 5.41) is 0. The van der Waals surface area contributed by atoms with Crippen LogP contribution in [0.25, 0.3) is 0 Å². The number of anilines is 4. The summed E-state index contributed by atoms with van der Waals surface area (Å²) in [5.41, 5.74) is 7.57. The van der Waals surface area contributed by atoms with Gasteiger partial charge in [0.2, 0.25) is 0 Å². The van der Waals surface area contributed by atoms with Crippen LogP contribution in [0.5, 0.6) is 11.5 Å². The Balaban J connectivity index is 1.40. The summed E-state index contributed by atoms with van der Waals surface area (Å²) in [7, 11) is 0. The van der Waals surface area contributed by atoms with Crippen LogP contribution in [0.2, 0.25) is 0 Å². The quantitative estimate of drug-likeness (QED) is 0.189. The molecule has 0 atom stereocenters. The minimum atomic E-state index is -0.551. The summed E-state index contributed by atoms with van der Waals surface area (Å²) in [6, 6.07) is 35.8. The first-order valence-corrected chi connectivity index (χ1v) is 16.9. The van der Waals surface area contributed by atoms with Crippen LogP contribution in [-0.4, -0.2) is 15.0 Å². The van der Waals surface area contributed by atoms with E-state index >= 15 is 0 Å². The number of ether oxygens (including phenoxy) is 1. The molecule has 5 nitrogen and oxygen atoms in total. The number of benzene rings is 4. The number of hydrogen-bond donors (Lipinski definition) is 0. The van der Waals surface area contributed by atoms with Gasteiger partial charge in [-0.25, -0.2) is 0 Å². The number of nitrogens with zero attached hydrogens (tertiary/aromatic N) is 4.